The highest BCUT2D eigenvalue weighted by Gasteiger charge is 1.88. The lowest BCUT2D eigenvalue weighted by atomic mass is 10.2. The van der Waals surface area contributed by atoms with Crippen molar-refractivity contribution in [2.24, 2.45) is 0 Å². The van der Waals surface area contributed by atoms with Gasteiger partial charge >= 0.3 is 0 Å². The first kappa shape index (κ1) is 12.9. The van der Waals surface area contributed by atoms with Crippen molar-refractivity contribution in [1.82, 2.24) is 10.6 Å². The zero-order valence-corrected chi connectivity index (χ0v) is 9.07. The minimum absolute atomic E-state index is 0.801. The molecular weight excluding hydrogens is 164 g/mol. The fourth-order valence-electron chi connectivity index (χ4n) is 1.10. The summed E-state index contributed by atoms with van der Waals surface area (Å²) in [7, 11) is 1.73. The lowest BCUT2D eigenvalue weighted by Gasteiger charge is -2.05. The van der Waals surface area contributed by atoms with E-state index in [-0.39, 0.29) is 0 Å². The van der Waals surface area contributed by atoms with E-state index >= 15 is 0 Å². The second-order valence-corrected chi connectivity index (χ2v) is 3.20. The quantitative estimate of drug-likeness (QED) is 0.502. The predicted molar refractivity (Wildman–Crippen MR) is 57.1 cm³/mol. The monoisotopic (exact) mass is 188 g/mol. The highest BCUT2D eigenvalue weighted by Crippen LogP contribution is 1.90. The van der Waals surface area contributed by atoms with Crippen LogP contribution in [0.2, 0.25) is 0 Å². The Balaban J connectivity index is 2.76. The molecule has 3 nitrogen and oxygen atoms in total. The van der Waals surface area contributed by atoms with Crippen molar-refractivity contribution < 1.29 is 4.74 Å². The van der Waals surface area contributed by atoms with Gasteiger partial charge in [0.1, 0.15) is 0 Å². The minimum atomic E-state index is 0.801. The van der Waals surface area contributed by atoms with Crippen LogP contribution in [0, 0.1) is 0 Å². The second kappa shape index (κ2) is 11.9. The molecule has 0 aromatic heterocycles. The van der Waals surface area contributed by atoms with Gasteiger partial charge in [-0.3, -0.25) is 0 Å². The third-order valence-electron chi connectivity index (χ3n) is 1.92. The van der Waals surface area contributed by atoms with E-state index in [2.05, 4.69) is 17.6 Å². The molecule has 80 valence electrons. The van der Waals surface area contributed by atoms with Gasteiger partial charge in [-0.15, -0.1) is 0 Å². The molecule has 0 aliphatic rings. The van der Waals surface area contributed by atoms with E-state index in [1.54, 1.807) is 7.11 Å². The molecule has 0 heterocycles. The fourth-order valence-corrected chi connectivity index (χ4v) is 1.10. The van der Waals surface area contributed by atoms with Gasteiger partial charge in [0, 0.05) is 26.7 Å². The topological polar surface area (TPSA) is 33.3 Å². The van der Waals surface area contributed by atoms with Crippen molar-refractivity contribution in [3.05, 3.63) is 0 Å². The lowest BCUT2D eigenvalue weighted by molar-refractivity contribution is 0.199. The molecule has 0 aliphatic heterocycles. The Labute approximate surface area is 82.2 Å². The summed E-state index contributed by atoms with van der Waals surface area (Å²) in [6.07, 6.45) is 3.94. The van der Waals surface area contributed by atoms with E-state index < -0.39 is 0 Å². The van der Waals surface area contributed by atoms with Crippen molar-refractivity contribution in [2.45, 2.75) is 26.2 Å². The highest BCUT2D eigenvalue weighted by molar-refractivity contribution is 4.51. The molecule has 2 N–H and O–H groups in total. The van der Waals surface area contributed by atoms with Crippen LogP contribution >= 0.6 is 0 Å². The zero-order chi connectivity index (χ0) is 9.78. The summed E-state index contributed by atoms with van der Waals surface area (Å²) in [5, 5.41) is 6.68. The summed E-state index contributed by atoms with van der Waals surface area (Å²) in [4.78, 5) is 0. The number of methoxy groups -OCH3 is 1. The molecule has 0 saturated heterocycles. The molecule has 0 spiro atoms. The second-order valence-electron chi connectivity index (χ2n) is 3.20. The van der Waals surface area contributed by atoms with Crippen LogP contribution in [-0.4, -0.2) is 39.9 Å². The normalized spacial score (nSPS) is 10.6. The molecule has 0 bridgehead atoms. The van der Waals surface area contributed by atoms with Crippen molar-refractivity contribution in [3.63, 3.8) is 0 Å². The molecule has 0 rings (SSSR count). The van der Waals surface area contributed by atoms with E-state index in [0.717, 1.165) is 32.8 Å². The van der Waals surface area contributed by atoms with E-state index in [0.29, 0.717) is 0 Å². The van der Waals surface area contributed by atoms with Gasteiger partial charge in [-0.1, -0.05) is 19.8 Å². The van der Waals surface area contributed by atoms with Gasteiger partial charge in [0.15, 0.2) is 0 Å². The van der Waals surface area contributed by atoms with Crippen LogP contribution in [-0.2, 0) is 4.74 Å². The average molecular weight is 188 g/mol. The van der Waals surface area contributed by atoms with Crippen molar-refractivity contribution >= 4 is 0 Å². The summed E-state index contributed by atoms with van der Waals surface area (Å²) >= 11 is 0. The molecule has 0 unspecified atom stereocenters. The number of ether oxygens (including phenoxy) is 1. The maximum absolute atomic E-state index is 4.92. The van der Waals surface area contributed by atoms with Crippen LogP contribution in [0.4, 0.5) is 0 Å². The Bertz CT molecular complexity index is 79.0. The fraction of sp³-hybridized carbons (Fsp3) is 1.00. The van der Waals surface area contributed by atoms with Gasteiger partial charge < -0.3 is 15.4 Å². The lowest BCUT2D eigenvalue weighted by Crippen LogP contribution is -2.29. The number of hydrogen-bond acceptors (Lipinski definition) is 3. The molecule has 0 aromatic rings. The first-order valence-corrected chi connectivity index (χ1v) is 5.32. The summed E-state index contributed by atoms with van der Waals surface area (Å²) in [6, 6.07) is 0. The molecule has 0 radical (unpaired) electrons. The average Bonchev–Trinajstić information content (AvgIpc) is 2.16. The van der Waals surface area contributed by atoms with Crippen LogP contribution in [0.25, 0.3) is 0 Å². The van der Waals surface area contributed by atoms with E-state index in [4.69, 9.17) is 4.74 Å². The molecule has 0 saturated carbocycles. The molecular formula is C10H24N2O. The van der Waals surface area contributed by atoms with Gasteiger partial charge in [0.25, 0.3) is 0 Å². The number of rotatable bonds is 10. The Hall–Kier alpha value is -0.120. The summed E-state index contributed by atoms with van der Waals surface area (Å²) in [5.41, 5.74) is 0. The summed E-state index contributed by atoms with van der Waals surface area (Å²) in [5.74, 6) is 0. The van der Waals surface area contributed by atoms with E-state index in [1.165, 1.54) is 19.3 Å². The molecule has 0 amide bonds. The SMILES string of the molecule is CCCCCNCCNCCOC. The number of nitrogens with one attached hydrogen (secondary N) is 2. The van der Waals surface area contributed by atoms with Crippen molar-refractivity contribution in [3.8, 4) is 0 Å². The standard InChI is InChI=1S/C10H24N2O/c1-3-4-5-6-11-7-8-12-9-10-13-2/h11-12H,3-10H2,1-2H3. The van der Waals surface area contributed by atoms with E-state index in [9.17, 15) is 0 Å². The van der Waals surface area contributed by atoms with Crippen LogP contribution in [0.15, 0.2) is 0 Å². The van der Waals surface area contributed by atoms with Gasteiger partial charge in [-0.2, -0.15) is 0 Å². The van der Waals surface area contributed by atoms with Crippen molar-refractivity contribution in [2.75, 3.05) is 39.9 Å². The third kappa shape index (κ3) is 11.9. The molecule has 3 heteroatoms. The summed E-state index contributed by atoms with van der Waals surface area (Å²) < 4.78 is 4.92. The summed E-state index contributed by atoms with van der Waals surface area (Å²) in [6.45, 7) is 7.23. The molecule has 0 atom stereocenters. The van der Waals surface area contributed by atoms with Crippen molar-refractivity contribution in [1.29, 1.82) is 0 Å². The molecule has 0 aromatic carbocycles. The van der Waals surface area contributed by atoms with E-state index in [1.807, 2.05) is 0 Å². The maximum Gasteiger partial charge on any atom is 0.0587 e. The van der Waals surface area contributed by atoms with Gasteiger partial charge in [0.2, 0.25) is 0 Å². The van der Waals surface area contributed by atoms with Gasteiger partial charge in [-0.05, 0) is 13.0 Å². The molecule has 0 fully saturated rings. The first-order valence-electron chi connectivity index (χ1n) is 5.32. The van der Waals surface area contributed by atoms with Gasteiger partial charge in [0.05, 0.1) is 6.61 Å². The van der Waals surface area contributed by atoms with Crippen LogP contribution in [0.3, 0.4) is 0 Å². The highest BCUT2D eigenvalue weighted by atomic mass is 16.5. The number of unbranched alkanes of at least 4 members (excludes halogenated alkanes) is 2. The Morgan fingerprint density at radius 1 is 0.923 bits per heavy atom. The third-order valence-corrected chi connectivity index (χ3v) is 1.92. The zero-order valence-electron chi connectivity index (χ0n) is 9.07. The molecule has 0 aliphatic carbocycles. The molecule has 13 heavy (non-hydrogen) atoms. The Morgan fingerprint density at radius 3 is 2.23 bits per heavy atom. The largest absolute Gasteiger partial charge is 0.383 e. The van der Waals surface area contributed by atoms with Crippen LogP contribution in [0.5, 0.6) is 0 Å². The number of hydrogen-bond donors (Lipinski definition) is 2. The maximum atomic E-state index is 4.92. The smallest absolute Gasteiger partial charge is 0.0587 e. The van der Waals surface area contributed by atoms with Crippen LogP contribution in [0.1, 0.15) is 26.2 Å². The van der Waals surface area contributed by atoms with Gasteiger partial charge in [-0.25, -0.2) is 0 Å². The predicted octanol–water partition coefficient (Wildman–Crippen LogP) is 1.00. The first-order chi connectivity index (χ1) is 6.41. The Kier molecular flexibility index (Phi) is 11.8. The Morgan fingerprint density at radius 2 is 1.62 bits per heavy atom. The minimum Gasteiger partial charge on any atom is -0.383 e. The van der Waals surface area contributed by atoms with Crippen LogP contribution < -0.4 is 10.6 Å².